The Morgan fingerprint density at radius 1 is 0.811 bits per heavy atom. The number of aldehydes is 3. The Hall–Kier alpha value is -6.05. The number of hydrogen-bond acceptors (Lipinski definition) is 17. The van der Waals surface area contributed by atoms with Gasteiger partial charge in [0.05, 0.1) is 42.8 Å². The van der Waals surface area contributed by atoms with E-state index >= 15 is 4.79 Å². The third-order valence-electron chi connectivity index (χ3n) is 16.7. The molecule has 1 aliphatic rings. The summed E-state index contributed by atoms with van der Waals surface area (Å²) in [4.78, 5) is 153. The molecule has 0 bridgehead atoms. The summed E-state index contributed by atoms with van der Waals surface area (Å²) in [5.41, 5.74) is 2.60. The number of nitrogens with two attached hydrogens (primary N) is 1. The van der Waals surface area contributed by atoms with Crippen molar-refractivity contribution in [1.82, 2.24) is 50.3 Å². The van der Waals surface area contributed by atoms with Gasteiger partial charge in [-0.05, 0) is 120 Å². The monoisotopic (exact) mass is 1270 g/mol. The molecule has 1 saturated heterocycles. The minimum Gasteiger partial charge on any atom is -0.391 e. The van der Waals surface area contributed by atoms with Crippen LogP contribution < -0.4 is 21.7 Å². The van der Waals surface area contributed by atoms with Gasteiger partial charge in [-0.2, -0.15) is 0 Å². The molecular weight excluding hydrogens is 1150 g/mol. The fourth-order valence-corrected chi connectivity index (χ4v) is 11.4. The summed E-state index contributed by atoms with van der Waals surface area (Å²) in [5.74, 6) is -5.66. The van der Waals surface area contributed by atoms with Crippen molar-refractivity contribution in [3.63, 3.8) is 0 Å². The van der Waals surface area contributed by atoms with Crippen LogP contribution in [0, 0.1) is 42.4 Å². The maximum absolute atomic E-state index is 15.1. The molecule has 2 rings (SSSR count). The molecular formula is C66H113N11O13. The lowest BCUT2D eigenvalue weighted by atomic mass is 9.92. The normalized spacial score (nSPS) is 20.5. The highest BCUT2D eigenvalue weighted by Gasteiger charge is 2.50. The molecule has 24 heteroatoms. The van der Waals surface area contributed by atoms with E-state index in [0.717, 1.165) is 20.4 Å². The summed E-state index contributed by atoms with van der Waals surface area (Å²) in [6.45, 7) is 28.0. The molecule has 510 valence electrons. The lowest BCUT2D eigenvalue weighted by Gasteiger charge is -2.44. The van der Waals surface area contributed by atoms with Gasteiger partial charge in [-0.25, -0.2) is 0 Å². The standard InChI is InChI=1S/C66H113N11O13/c1-23-26-51(71-64(16,37-78)90-57(44(10)11)63(88)77(22)65(67,38-79)34-42(6)7)73(18)60(85)50(33-41(4)5)70-66(39-80,35-43(8)9)76(21)53(83)36-72(17)61(86)54(47(14)81)69-59(84)56-58(45(12)27-24-29-49-30-25-28-46(13)68-49)89-48(15)55(62(87)75(56)20)74(19)52(82)32-31-40(2)3/h24-25,28-30,37-45,47-48,50-51,54-58,70-71,81H,23,26-27,31-36,67H2,1-22H3,(H,69,84). The van der Waals surface area contributed by atoms with Crippen molar-refractivity contribution in [2.45, 2.75) is 234 Å². The van der Waals surface area contributed by atoms with Gasteiger partial charge in [0, 0.05) is 54.4 Å². The van der Waals surface area contributed by atoms with Crippen molar-refractivity contribution in [2.24, 2.45) is 41.2 Å². The topological polar surface area (TPSA) is 304 Å². The second-order valence-electron chi connectivity index (χ2n) is 27.3. The maximum atomic E-state index is 15.1. The predicted molar refractivity (Wildman–Crippen MR) is 346 cm³/mol. The van der Waals surface area contributed by atoms with E-state index in [1.165, 1.54) is 70.8 Å². The van der Waals surface area contributed by atoms with Crippen LogP contribution in [0.25, 0.3) is 6.08 Å². The highest BCUT2D eigenvalue weighted by atomic mass is 16.5. The largest absolute Gasteiger partial charge is 0.391 e. The Morgan fingerprint density at radius 2 is 1.42 bits per heavy atom. The van der Waals surface area contributed by atoms with Crippen LogP contribution in [0.15, 0.2) is 24.3 Å². The van der Waals surface area contributed by atoms with Crippen LogP contribution in [0.3, 0.4) is 0 Å². The number of rotatable bonds is 37. The number of hydrogen-bond donors (Lipinski definition) is 5. The molecule has 7 amide bonds. The number of aromatic nitrogens is 1. The summed E-state index contributed by atoms with van der Waals surface area (Å²) < 4.78 is 13.0. The van der Waals surface area contributed by atoms with Gasteiger partial charge in [-0.3, -0.25) is 63.6 Å². The molecule has 0 radical (unpaired) electrons. The van der Waals surface area contributed by atoms with Crippen molar-refractivity contribution in [1.29, 1.82) is 0 Å². The molecule has 0 spiro atoms. The van der Waals surface area contributed by atoms with Crippen molar-refractivity contribution in [3.8, 4) is 0 Å². The van der Waals surface area contributed by atoms with E-state index in [4.69, 9.17) is 15.2 Å². The van der Waals surface area contributed by atoms with E-state index in [1.54, 1.807) is 20.8 Å². The summed E-state index contributed by atoms with van der Waals surface area (Å²) in [5, 5.41) is 20.4. The average Bonchev–Trinajstić information content (AvgIpc) is 1.54. The van der Waals surface area contributed by atoms with Gasteiger partial charge in [0.2, 0.25) is 35.4 Å². The molecule has 1 aromatic heterocycles. The van der Waals surface area contributed by atoms with Gasteiger partial charge in [0.15, 0.2) is 30.2 Å². The molecule has 1 fully saturated rings. The lowest BCUT2D eigenvalue weighted by Crippen LogP contribution is -2.68. The molecule has 0 aliphatic carbocycles. The second-order valence-corrected chi connectivity index (χ2v) is 27.3. The van der Waals surface area contributed by atoms with Gasteiger partial charge in [0.1, 0.15) is 29.9 Å². The number of carbonyl (C=O) groups is 10. The minimum absolute atomic E-state index is 0.00171. The highest BCUT2D eigenvalue weighted by molar-refractivity contribution is 5.96. The number of amides is 7. The molecule has 2 heterocycles. The van der Waals surface area contributed by atoms with E-state index in [1.807, 2.05) is 107 Å². The summed E-state index contributed by atoms with van der Waals surface area (Å²) >= 11 is 0. The summed E-state index contributed by atoms with van der Waals surface area (Å²) in [6.07, 6.45) is 1.96. The smallest absolute Gasteiger partial charge is 0.253 e. The van der Waals surface area contributed by atoms with E-state index in [2.05, 4.69) is 20.9 Å². The van der Waals surface area contributed by atoms with Crippen LogP contribution in [0.2, 0.25) is 0 Å². The Kier molecular flexibility index (Phi) is 31.7. The number of aliphatic hydroxyl groups is 1. The third-order valence-corrected chi connectivity index (χ3v) is 16.7. The molecule has 0 aromatic carbocycles. The van der Waals surface area contributed by atoms with Crippen molar-refractivity contribution < 1.29 is 62.5 Å². The van der Waals surface area contributed by atoms with Crippen LogP contribution in [0.1, 0.15) is 167 Å². The van der Waals surface area contributed by atoms with Crippen LogP contribution in [0.5, 0.6) is 0 Å². The average molecular weight is 1270 g/mol. The number of ether oxygens (including phenoxy) is 2. The molecule has 24 nitrogen and oxygen atoms in total. The van der Waals surface area contributed by atoms with Crippen LogP contribution in [-0.2, 0) is 57.4 Å². The van der Waals surface area contributed by atoms with Gasteiger partial charge < -0.3 is 55.0 Å². The Bertz CT molecular complexity index is 2600. The maximum Gasteiger partial charge on any atom is 0.253 e. The van der Waals surface area contributed by atoms with Crippen LogP contribution in [-0.4, -0.2) is 220 Å². The zero-order valence-corrected chi connectivity index (χ0v) is 58.2. The zero-order valence-electron chi connectivity index (χ0n) is 58.2. The number of aliphatic hydroxyl groups excluding tert-OH is 1. The number of likely N-dealkylation sites (N-methyl/N-ethyl adjacent to an activating group) is 6. The molecule has 90 heavy (non-hydrogen) atoms. The molecule has 1 aliphatic heterocycles. The number of carbonyl (C=O) groups excluding carboxylic acids is 10. The van der Waals surface area contributed by atoms with Gasteiger partial charge in [-0.1, -0.05) is 102 Å². The molecule has 6 N–H and O–H groups in total. The van der Waals surface area contributed by atoms with Gasteiger partial charge in [0.25, 0.3) is 5.91 Å². The summed E-state index contributed by atoms with van der Waals surface area (Å²) in [6, 6.07) is 0.303. The van der Waals surface area contributed by atoms with Crippen molar-refractivity contribution in [2.75, 3.05) is 48.8 Å². The predicted octanol–water partition coefficient (Wildman–Crippen LogP) is 4.52. The number of pyridine rings is 1. The first kappa shape index (κ1) is 80.0. The number of nitrogens with zero attached hydrogens (tertiary/aromatic N) is 7. The highest BCUT2D eigenvalue weighted by Crippen LogP contribution is 2.31. The first-order valence-corrected chi connectivity index (χ1v) is 32.0. The van der Waals surface area contributed by atoms with Crippen molar-refractivity contribution >= 4 is 66.3 Å². The van der Waals surface area contributed by atoms with Gasteiger partial charge in [-0.15, -0.1) is 0 Å². The second kappa shape index (κ2) is 35.7. The van der Waals surface area contributed by atoms with E-state index in [0.29, 0.717) is 43.8 Å². The van der Waals surface area contributed by atoms with E-state index in [-0.39, 0.29) is 61.7 Å². The Labute approximate surface area is 536 Å². The van der Waals surface area contributed by atoms with Gasteiger partial charge >= 0.3 is 0 Å². The molecule has 13 atom stereocenters. The SMILES string of the molecule is CCCC(NC(C)(C=O)OC(C(=O)N(C)C(N)(C=O)CC(C)C)C(C)C)N(C)C(=O)C(CC(C)C)NC(C=O)(CC(C)C)N(C)C(=O)CN(C)C(=O)C(NC(=O)C1C(C(C)CC=Cc2cccc(C)n2)OC(C)C(N(C)C(=O)CCC(C)C)C(=O)N1C)C(C)O. The first-order chi connectivity index (χ1) is 41.7. The van der Waals surface area contributed by atoms with Crippen LogP contribution in [0.4, 0.5) is 0 Å². The Morgan fingerprint density at radius 3 is 1.92 bits per heavy atom. The lowest BCUT2D eigenvalue weighted by molar-refractivity contribution is -0.176. The fraction of sp³-hybridized carbons (Fsp3) is 0.742. The minimum atomic E-state index is -1.87. The Balaban J connectivity index is 2.59. The molecule has 1 aromatic rings. The van der Waals surface area contributed by atoms with E-state index < -0.39 is 126 Å². The fourth-order valence-electron chi connectivity index (χ4n) is 11.4. The first-order valence-electron chi connectivity index (χ1n) is 32.0. The number of aryl methyl sites for hydroxylation is 1. The third kappa shape index (κ3) is 22.1. The van der Waals surface area contributed by atoms with Crippen LogP contribution >= 0.6 is 0 Å². The number of allylic oxidation sites excluding steroid dienone is 1. The quantitative estimate of drug-likeness (QED) is 0.0452. The van der Waals surface area contributed by atoms with E-state index in [9.17, 15) is 48.3 Å². The molecule has 0 saturated carbocycles. The zero-order chi connectivity index (χ0) is 69.1. The number of nitrogens with one attached hydrogen (secondary N) is 3. The van der Waals surface area contributed by atoms with Crippen molar-refractivity contribution in [3.05, 3.63) is 35.7 Å². The molecule has 13 unspecified atom stereocenters. The summed E-state index contributed by atoms with van der Waals surface area (Å²) in [7, 11) is 8.59.